The third kappa shape index (κ3) is 2.32. The van der Waals surface area contributed by atoms with Crippen LogP contribution in [0.2, 0.25) is 0 Å². The Labute approximate surface area is 120 Å². The third-order valence-corrected chi connectivity index (χ3v) is 4.35. The van der Waals surface area contributed by atoms with E-state index in [9.17, 15) is 0 Å². The number of ether oxygens (including phenoxy) is 1. The van der Waals surface area contributed by atoms with Gasteiger partial charge in [0.15, 0.2) is 0 Å². The van der Waals surface area contributed by atoms with E-state index in [0.717, 1.165) is 25.2 Å². The molecule has 2 heteroatoms. The summed E-state index contributed by atoms with van der Waals surface area (Å²) < 4.78 is 5.78. The van der Waals surface area contributed by atoms with E-state index in [4.69, 9.17) is 10.5 Å². The van der Waals surface area contributed by atoms with E-state index >= 15 is 0 Å². The molecule has 104 valence electrons. The summed E-state index contributed by atoms with van der Waals surface area (Å²) in [5.41, 5.74) is 10.1. The van der Waals surface area contributed by atoms with E-state index in [2.05, 4.69) is 43.3 Å². The molecule has 0 aromatic heterocycles. The van der Waals surface area contributed by atoms with Crippen molar-refractivity contribution in [3.05, 3.63) is 65.2 Å². The molecule has 1 aliphatic rings. The van der Waals surface area contributed by atoms with Gasteiger partial charge in [-0.1, -0.05) is 48.0 Å². The summed E-state index contributed by atoms with van der Waals surface area (Å²) in [5.74, 6) is 0.997. The van der Waals surface area contributed by atoms with Crippen molar-refractivity contribution in [2.24, 2.45) is 5.73 Å². The zero-order valence-electron chi connectivity index (χ0n) is 11.9. The fourth-order valence-corrected chi connectivity index (χ4v) is 3.09. The van der Waals surface area contributed by atoms with Crippen LogP contribution in [0.3, 0.4) is 0 Å². The molecule has 20 heavy (non-hydrogen) atoms. The molecule has 1 atom stereocenters. The smallest absolute Gasteiger partial charge is 0.123 e. The number of hydrogen-bond acceptors (Lipinski definition) is 2. The molecular weight excluding hydrogens is 246 g/mol. The molecule has 3 rings (SSSR count). The van der Waals surface area contributed by atoms with Crippen molar-refractivity contribution >= 4 is 0 Å². The highest BCUT2D eigenvalue weighted by Crippen LogP contribution is 2.40. The van der Waals surface area contributed by atoms with Gasteiger partial charge in [0.2, 0.25) is 0 Å². The highest BCUT2D eigenvalue weighted by molar-refractivity contribution is 5.43. The SMILES string of the molecule is Cc1ccc(CC2(CN)CCOc3ccccc32)cc1. The molecule has 0 aliphatic carbocycles. The number of nitrogens with two attached hydrogens (primary N) is 1. The highest BCUT2D eigenvalue weighted by Gasteiger charge is 2.36. The summed E-state index contributed by atoms with van der Waals surface area (Å²) >= 11 is 0. The fourth-order valence-electron chi connectivity index (χ4n) is 3.09. The van der Waals surface area contributed by atoms with Crippen molar-refractivity contribution < 1.29 is 4.74 Å². The number of para-hydroxylation sites is 1. The Hall–Kier alpha value is -1.80. The van der Waals surface area contributed by atoms with Gasteiger partial charge in [0.1, 0.15) is 5.75 Å². The van der Waals surface area contributed by atoms with Crippen molar-refractivity contribution in [2.45, 2.75) is 25.2 Å². The first-order valence-electron chi connectivity index (χ1n) is 7.21. The summed E-state index contributed by atoms with van der Waals surface area (Å²) in [6.07, 6.45) is 1.96. The van der Waals surface area contributed by atoms with Gasteiger partial charge < -0.3 is 10.5 Å². The van der Waals surface area contributed by atoms with Crippen LogP contribution in [-0.2, 0) is 11.8 Å². The van der Waals surface area contributed by atoms with Crippen molar-refractivity contribution in [2.75, 3.05) is 13.2 Å². The van der Waals surface area contributed by atoms with Crippen LogP contribution < -0.4 is 10.5 Å². The maximum atomic E-state index is 6.18. The average Bonchev–Trinajstić information content (AvgIpc) is 2.50. The van der Waals surface area contributed by atoms with E-state index in [1.807, 2.05) is 12.1 Å². The molecule has 2 aromatic carbocycles. The van der Waals surface area contributed by atoms with Crippen LogP contribution in [0.5, 0.6) is 5.75 Å². The van der Waals surface area contributed by atoms with Crippen molar-refractivity contribution in [1.82, 2.24) is 0 Å². The lowest BCUT2D eigenvalue weighted by Crippen LogP contribution is -2.41. The van der Waals surface area contributed by atoms with E-state index in [0.29, 0.717) is 6.54 Å². The van der Waals surface area contributed by atoms with Crippen LogP contribution in [0.1, 0.15) is 23.1 Å². The van der Waals surface area contributed by atoms with Gasteiger partial charge in [-0.2, -0.15) is 0 Å². The second-order valence-corrected chi connectivity index (χ2v) is 5.74. The maximum Gasteiger partial charge on any atom is 0.123 e. The highest BCUT2D eigenvalue weighted by atomic mass is 16.5. The van der Waals surface area contributed by atoms with Gasteiger partial charge in [-0.3, -0.25) is 0 Å². The maximum absolute atomic E-state index is 6.18. The van der Waals surface area contributed by atoms with Gasteiger partial charge in [0, 0.05) is 17.5 Å². The Morgan fingerprint density at radius 2 is 1.85 bits per heavy atom. The molecule has 0 radical (unpaired) electrons. The summed E-state index contributed by atoms with van der Waals surface area (Å²) in [7, 11) is 0. The van der Waals surface area contributed by atoms with E-state index < -0.39 is 0 Å². The summed E-state index contributed by atoms with van der Waals surface area (Å²) in [6, 6.07) is 17.1. The second-order valence-electron chi connectivity index (χ2n) is 5.74. The second kappa shape index (κ2) is 5.29. The predicted molar refractivity (Wildman–Crippen MR) is 82.2 cm³/mol. The normalized spacial score (nSPS) is 21.1. The van der Waals surface area contributed by atoms with Crippen molar-refractivity contribution in [1.29, 1.82) is 0 Å². The molecule has 1 unspecified atom stereocenters. The number of fused-ring (bicyclic) bond motifs is 1. The van der Waals surface area contributed by atoms with E-state index in [1.165, 1.54) is 16.7 Å². The zero-order chi connectivity index (χ0) is 14.0. The van der Waals surface area contributed by atoms with Crippen LogP contribution in [0, 0.1) is 6.92 Å². The van der Waals surface area contributed by atoms with E-state index in [-0.39, 0.29) is 5.41 Å². The first kappa shape index (κ1) is 13.2. The minimum Gasteiger partial charge on any atom is -0.493 e. The molecular formula is C18H21NO. The number of rotatable bonds is 3. The molecule has 1 heterocycles. The largest absolute Gasteiger partial charge is 0.493 e. The minimum atomic E-state index is 0.00407. The Morgan fingerprint density at radius 1 is 1.10 bits per heavy atom. The lowest BCUT2D eigenvalue weighted by molar-refractivity contribution is 0.215. The molecule has 0 amide bonds. The quantitative estimate of drug-likeness (QED) is 0.926. The van der Waals surface area contributed by atoms with Crippen LogP contribution >= 0.6 is 0 Å². The van der Waals surface area contributed by atoms with Gasteiger partial charge in [0.05, 0.1) is 6.61 Å². The standard InChI is InChI=1S/C18H21NO/c1-14-6-8-15(9-7-14)12-18(13-19)10-11-20-17-5-3-2-4-16(17)18/h2-9H,10-13,19H2,1H3. The molecule has 2 nitrogen and oxygen atoms in total. The van der Waals surface area contributed by atoms with Gasteiger partial charge in [-0.15, -0.1) is 0 Å². The minimum absolute atomic E-state index is 0.00407. The third-order valence-electron chi connectivity index (χ3n) is 4.35. The lowest BCUT2D eigenvalue weighted by Gasteiger charge is -2.38. The summed E-state index contributed by atoms with van der Waals surface area (Å²) in [4.78, 5) is 0. The summed E-state index contributed by atoms with van der Waals surface area (Å²) in [6.45, 7) is 3.52. The molecule has 0 saturated carbocycles. The summed E-state index contributed by atoms with van der Waals surface area (Å²) in [5, 5.41) is 0. The lowest BCUT2D eigenvalue weighted by atomic mass is 9.72. The van der Waals surface area contributed by atoms with Crippen molar-refractivity contribution in [3.63, 3.8) is 0 Å². The first-order valence-corrected chi connectivity index (χ1v) is 7.21. The van der Waals surface area contributed by atoms with Crippen LogP contribution in [0.15, 0.2) is 48.5 Å². The molecule has 0 fully saturated rings. The Kier molecular flexibility index (Phi) is 3.49. The molecule has 0 saturated heterocycles. The van der Waals surface area contributed by atoms with Gasteiger partial charge in [-0.25, -0.2) is 0 Å². The number of aryl methyl sites for hydroxylation is 1. The Morgan fingerprint density at radius 3 is 2.60 bits per heavy atom. The monoisotopic (exact) mass is 267 g/mol. The van der Waals surface area contributed by atoms with Crippen LogP contribution in [-0.4, -0.2) is 13.2 Å². The van der Waals surface area contributed by atoms with Crippen LogP contribution in [0.25, 0.3) is 0 Å². The van der Waals surface area contributed by atoms with Gasteiger partial charge in [-0.05, 0) is 31.4 Å². The first-order chi connectivity index (χ1) is 9.73. The Balaban J connectivity index is 1.98. The van der Waals surface area contributed by atoms with E-state index in [1.54, 1.807) is 0 Å². The number of benzene rings is 2. The Bertz CT molecular complexity index is 591. The average molecular weight is 267 g/mol. The molecule has 1 aliphatic heterocycles. The predicted octanol–water partition coefficient (Wildman–Crippen LogP) is 3.22. The topological polar surface area (TPSA) is 35.2 Å². The molecule has 2 N–H and O–H groups in total. The molecule has 0 spiro atoms. The van der Waals surface area contributed by atoms with Crippen LogP contribution in [0.4, 0.5) is 0 Å². The zero-order valence-corrected chi connectivity index (χ0v) is 11.9. The fraction of sp³-hybridized carbons (Fsp3) is 0.333. The molecule has 2 aromatic rings. The number of hydrogen-bond donors (Lipinski definition) is 1. The van der Waals surface area contributed by atoms with Gasteiger partial charge >= 0.3 is 0 Å². The van der Waals surface area contributed by atoms with Crippen molar-refractivity contribution in [3.8, 4) is 5.75 Å². The van der Waals surface area contributed by atoms with Gasteiger partial charge in [0.25, 0.3) is 0 Å². The molecule has 0 bridgehead atoms.